The number of benzene rings is 2. The lowest BCUT2D eigenvalue weighted by molar-refractivity contribution is -0.137. The lowest BCUT2D eigenvalue weighted by Crippen LogP contribution is -2.53. The molecule has 34 heavy (non-hydrogen) atoms. The number of aryl methyl sites for hydroxylation is 1. The van der Waals surface area contributed by atoms with E-state index in [0.29, 0.717) is 18.5 Å². The second-order valence-electron chi connectivity index (χ2n) is 9.20. The van der Waals surface area contributed by atoms with Crippen molar-refractivity contribution in [3.05, 3.63) is 64.2 Å². The number of piperidine rings is 1. The minimum atomic E-state index is -1.04. The molecule has 1 unspecified atom stereocenters. The minimum absolute atomic E-state index is 0.0258. The summed E-state index contributed by atoms with van der Waals surface area (Å²) in [7, 11) is 1.64. The van der Waals surface area contributed by atoms with Crippen molar-refractivity contribution < 1.29 is 19.5 Å². The predicted molar refractivity (Wildman–Crippen MR) is 131 cm³/mol. The van der Waals surface area contributed by atoms with E-state index >= 15 is 0 Å². The lowest BCUT2D eigenvalue weighted by atomic mass is 10.0. The molecule has 2 aliphatic heterocycles. The number of amides is 2. The van der Waals surface area contributed by atoms with Crippen molar-refractivity contribution in [1.82, 2.24) is 9.80 Å². The molecule has 0 bridgehead atoms. The maximum Gasteiger partial charge on any atom is 0.335 e. The Morgan fingerprint density at radius 3 is 2.53 bits per heavy atom. The van der Waals surface area contributed by atoms with Crippen LogP contribution in [0.3, 0.4) is 0 Å². The summed E-state index contributed by atoms with van der Waals surface area (Å²) in [5.74, 6) is -1.19. The summed E-state index contributed by atoms with van der Waals surface area (Å²) >= 11 is 6.14. The Labute approximate surface area is 204 Å². The van der Waals surface area contributed by atoms with Crippen LogP contribution in [-0.2, 0) is 16.1 Å². The Hall–Kier alpha value is -2.90. The number of likely N-dealkylation sites (tertiary alicyclic amines) is 2. The van der Waals surface area contributed by atoms with Gasteiger partial charge in [0.1, 0.15) is 6.04 Å². The Morgan fingerprint density at radius 1 is 1.12 bits per heavy atom. The molecule has 7 nitrogen and oxygen atoms in total. The van der Waals surface area contributed by atoms with Gasteiger partial charge >= 0.3 is 5.97 Å². The van der Waals surface area contributed by atoms with Crippen LogP contribution in [0.25, 0.3) is 0 Å². The van der Waals surface area contributed by atoms with Gasteiger partial charge in [-0.1, -0.05) is 29.8 Å². The number of hydrogen-bond acceptors (Lipinski definition) is 4. The van der Waals surface area contributed by atoms with E-state index in [2.05, 4.69) is 17.0 Å². The quantitative estimate of drug-likeness (QED) is 0.672. The number of carbonyl (C=O) groups is 3. The molecule has 8 heteroatoms. The molecule has 2 aliphatic rings. The van der Waals surface area contributed by atoms with E-state index in [1.807, 2.05) is 13.0 Å². The third-order valence-electron chi connectivity index (χ3n) is 6.93. The number of anilines is 1. The molecule has 0 aromatic heterocycles. The van der Waals surface area contributed by atoms with Crippen LogP contribution in [0, 0.1) is 6.92 Å². The first-order valence-corrected chi connectivity index (χ1v) is 12.0. The van der Waals surface area contributed by atoms with Crippen LogP contribution in [0.2, 0.25) is 5.02 Å². The van der Waals surface area contributed by atoms with Gasteiger partial charge in [0.05, 0.1) is 5.56 Å². The SMILES string of the molecule is Cc1cc(CN2CCC(N3C(=O)CCC3C(=O)N(C)c3cccc(C(=O)O)c3)CC2)ccc1Cl. The van der Waals surface area contributed by atoms with Crippen molar-refractivity contribution in [3.63, 3.8) is 0 Å². The normalized spacial score (nSPS) is 19.4. The fourth-order valence-corrected chi connectivity index (χ4v) is 5.14. The van der Waals surface area contributed by atoms with Gasteiger partial charge < -0.3 is 14.9 Å². The first kappa shape index (κ1) is 24.2. The number of likely N-dealkylation sites (N-methyl/N-ethyl adjacent to an activating group) is 1. The van der Waals surface area contributed by atoms with E-state index < -0.39 is 12.0 Å². The Morgan fingerprint density at radius 2 is 1.85 bits per heavy atom. The van der Waals surface area contributed by atoms with Crippen LogP contribution in [0.1, 0.15) is 47.2 Å². The molecule has 0 radical (unpaired) electrons. The first-order chi connectivity index (χ1) is 16.2. The molecule has 1 atom stereocenters. The minimum Gasteiger partial charge on any atom is -0.478 e. The predicted octanol–water partition coefficient (Wildman–Crippen LogP) is 3.97. The van der Waals surface area contributed by atoms with Crippen molar-refractivity contribution in [2.45, 2.75) is 51.2 Å². The standard InChI is InChI=1S/C26H30ClN3O4/c1-17-14-18(6-7-22(17)27)16-29-12-10-20(11-13-29)30-23(8-9-24(30)31)25(32)28(2)21-5-3-4-19(15-21)26(33)34/h3-7,14-15,20,23H,8-13,16H2,1-2H3,(H,33,34). The van der Waals surface area contributed by atoms with Gasteiger partial charge in [-0.15, -0.1) is 0 Å². The molecule has 180 valence electrons. The molecule has 0 aliphatic carbocycles. The van der Waals surface area contributed by atoms with Gasteiger partial charge in [-0.3, -0.25) is 14.5 Å². The third kappa shape index (κ3) is 5.10. The largest absolute Gasteiger partial charge is 0.478 e. The van der Waals surface area contributed by atoms with Crippen molar-refractivity contribution in [2.75, 3.05) is 25.0 Å². The van der Waals surface area contributed by atoms with Gasteiger partial charge in [0.25, 0.3) is 0 Å². The maximum atomic E-state index is 13.4. The summed E-state index contributed by atoms with van der Waals surface area (Å²) < 4.78 is 0. The van der Waals surface area contributed by atoms with Gasteiger partial charge in [0.15, 0.2) is 0 Å². The van der Waals surface area contributed by atoms with E-state index in [0.717, 1.165) is 43.1 Å². The fraction of sp³-hybridized carbons (Fsp3) is 0.423. The summed E-state index contributed by atoms with van der Waals surface area (Å²) in [6, 6.07) is 11.9. The van der Waals surface area contributed by atoms with Crippen molar-refractivity contribution >= 4 is 35.1 Å². The van der Waals surface area contributed by atoms with Gasteiger partial charge in [-0.05, 0) is 61.6 Å². The van der Waals surface area contributed by atoms with E-state index in [1.54, 1.807) is 24.1 Å². The average Bonchev–Trinajstić information content (AvgIpc) is 3.22. The van der Waals surface area contributed by atoms with Crippen LogP contribution >= 0.6 is 11.6 Å². The highest BCUT2D eigenvalue weighted by atomic mass is 35.5. The molecule has 2 aromatic rings. The topological polar surface area (TPSA) is 81.2 Å². The number of hydrogen-bond donors (Lipinski definition) is 1. The van der Waals surface area contributed by atoms with E-state index in [4.69, 9.17) is 11.6 Å². The molecule has 4 rings (SSSR count). The van der Waals surface area contributed by atoms with Crippen molar-refractivity contribution in [3.8, 4) is 0 Å². The van der Waals surface area contributed by atoms with E-state index in [-0.39, 0.29) is 23.4 Å². The van der Waals surface area contributed by atoms with E-state index in [1.165, 1.54) is 22.6 Å². The smallest absolute Gasteiger partial charge is 0.335 e. The summed E-state index contributed by atoms with van der Waals surface area (Å²) in [6.45, 7) is 4.55. The van der Waals surface area contributed by atoms with Crippen LogP contribution in [-0.4, -0.2) is 64.9 Å². The highest BCUT2D eigenvalue weighted by molar-refractivity contribution is 6.31. The van der Waals surface area contributed by atoms with Crippen LogP contribution < -0.4 is 4.90 Å². The number of carboxylic acid groups (broad SMARTS) is 1. The van der Waals surface area contributed by atoms with Gasteiger partial charge in [0, 0.05) is 49.9 Å². The third-order valence-corrected chi connectivity index (χ3v) is 7.35. The number of aromatic carboxylic acids is 1. The highest BCUT2D eigenvalue weighted by Crippen LogP contribution is 2.30. The molecule has 1 N–H and O–H groups in total. The summed E-state index contributed by atoms with van der Waals surface area (Å²) in [6.07, 6.45) is 2.50. The zero-order valence-electron chi connectivity index (χ0n) is 19.5. The lowest BCUT2D eigenvalue weighted by Gasteiger charge is -2.39. The monoisotopic (exact) mass is 483 g/mol. The molecular formula is C26H30ClN3O4. The molecule has 0 saturated carbocycles. The highest BCUT2D eigenvalue weighted by Gasteiger charge is 2.42. The number of nitrogens with zero attached hydrogens (tertiary/aromatic N) is 3. The molecule has 0 spiro atoms. The number of carbonyl (C=O) groups excluding carboxylic acids is 2. The van der Waals surface area contributed by atoms with Crippen molar-refractivity contribution in [2.24, 2.45) is 0 Å². The Bertz CT molecular complexity index is 1100. The van der Waals surface area contributed by atoms with E-state index in [9.17, 15) is 19.5 Å². The Balaban J connectivity index is 1.41. The molecule has 2 aromatic carbocycles. The summed E-state index contributed by atoms with van der Waals surface area (Å²) in [5.41, 5.74) is 2.92. The zero-order chi connectivity index (χ0) is 24.4. The summed E-state index contributed by atoms with van der Waals surface area (Å²) in [5, 5.41) is 10.0. The number of halogens is 1. The molecule has 2 fully saturated rings. The van der Waals surface area contributed by atoms with Crippen molar-refractivity contribution in [1.29, 1.82) is 0 Å². The molecular weight excluding hydrogens is 454 g/mol. The Kier molecular flexibility index (Phi) is 7.24. The fourth-order valence-electron chi connectivity index (χ4n) is 5.02. The van der Waals surface area contributed by atoms with Gasteiger partial charge in [0.2, 0.25) is 11.8 Å². The number of rotatable bonds is 6. The van der Waals surface area contributed by atoms with Gasteiger partial charge in [-0.25, -0.2) is 4.79 Å². The van der Waals surface area contributed by atoms with Crippen LogP contribution in [0.15, 0.2) is 42.5 Å². The maximum absolute atomic E-state index is 13.4. The number of carboxylic acids is 1. The average molecular weight is 484 g/mol. The van der Waals surface area contributed by atoms with Crippen LogP contribution in [0.5, 0.6) is 0 Å². The second kappa shape index (κ2) is 10.2. The summed E-state index contributed by atoms with van der Waals surface area (Å²) in [4.78, 5) is 43.1. The second-order valence-corrected chi connectivity index (χ2v) is 9.61. The molecule has 2 amide bonds. The molecule has 2 saturated heterocycles. The molecule has 2 heterocycles. The van der Waals surface area contributed by atoms with Gasteiger partial charge in [-0.2, -0.15) is 0 Å². The zero-order valence-corrected chi connectivity index (χ0v) is 20.3. The van der Waals surface area contributed by atoms with Crippen LogP contribution in [0.4, 0.5) is 5.69 Å². The first-order valence-electron chi connectivity index (χ1n) is 11.6.